The molecule has 2 unspecified atom stereocenters. The van der Waals surface area contributed by atoms with E-state index < -0.39 is 0 Å². The molecule has 0 bridgehead atoms. The van der Waals surface area contributed by atoms with E-state index in [1.165, 1.54) is 4.88 Å². The summed E-state index contributed by atoms with van der Waals surface area (Å²) in [4.78, 5) is 1.19. The Morgan fingerprint density at radius 1 is 1.54 bits per heavy atom. The highest BCUT2D eigenvalue weighted by Crippen LogP contribution is 2.38. The highest BCUT2D eigenvalue weighted by Gasteiger charge is 2.17. The van der Waals surface area contributed by atoms with Gasteiger partial charge < -0.3 is 0 Å². The highest BCUT2D eigenvalue weighted by atomic mass is 35.5. The first kappa shape index (κ1) is 11.4. The van der Waals surface area contributed by atoms with Crippen LogP contribution in [0.3, 0.4) is 0 Å². The van der Waals surface area contributed by atoms with Crippen LogP contribution >= 0.6 is 34.5 Å². The molecular formula is C10H14Cl2S. The van der Waals surface area contributed by atoms with Crippen LogP contribution in [0.15, 0.2) is 6.07 Å². The summed E-state index contributed by atoms with van der Waals surface area (Å²) in [5, 5.41) is 0.112. The van der Waals surface area contributed by atoms with Gasteiger partial charge in [0, 0.05) is 4.88 Å². The molecule has 0 nitrogen and oxygen atoms in total. The number of alkyl halides is 1. The lowest BCUT2D eigenvalue weighted by atomic mass is 10.0. The number of rotatable bonds is 3. The standard InChI is InChI=1S/C10H14Cl2S/c1-4-6(2)9(11)8-5-7(3)10(12)13-8/h5-6,9H,4H2,1-3H3. The monoisotopic (exact) mass is 236 g/mol. The van der Waals surface area contributed by atoms with E-state index in [2.05, 4.69) is 19.9 Å². The molecule has 3 heteroatoms. The minimum atomic E-state index is 0.112. The van der Waals surface area contributed by atoms with Gasteiger partial charge in [-0.25, -0.2) is 0 Å². The molecule has 0 aliphatic carbocycles. The van der Waals surface area contributed by atoms with Crippen molar-refractivity contribution in [1.29, 1.82) is 0 Å². The summed E-state index contributed by atoms with van der Waals surface area (Å²) in [5.74, 6) is 0.510. The van der Waals surface area contributed by atoms with Gasteiger partial charge in [0.15, 0.2) is 0 Å². The molecule has 0 spiro atoms. The van der Waals surface area contributed by atoms with E-state index in [1.54, 1.807) is 11.3 Å². The maximum absolute atomic E-state index is 6.29. The van der Waals surface area contributed by atoms with Gasteiger partial charge in [-0.1, -0.05) is 31.9 Å². The molecule has 0 aliphatic rings. The fourth-order valence-corrected chi connectivity index (χ4v) is 2.81. The topological polar surface area (TPSA) is 0 Å². The van der Waals surface area contributed by atoms with Crippen molar-refractivity contribution in [2.75, 3.05) is 0 Å². The molecule has 0 saturated carbocycles. The van der Waals surface area contributed by atoms with Gasteiger partial charge in [0.2, 0.25) is 0 Å². The molecule has 1 aromatic rings. The number of hydrogen-bond donors (Lipinski definition) is 0. The van der Waals surface area contributed by atoms with E-state index in [1.807, 2.05) is 6.92 Å². The van der Waals surface area contributed by atoms with Gasteiger partial charge >= 0.3 is 0 Å². The molecule has 0 N–H and O–H groups in total. The summed E-state index contributed by atoms with van der Waals surface area (Å²) in [5.41, 5.74) is 1.13. The van der Waals surface area contributed by atoms with Crippen LogP contribution in [0.2, 0.25) is 4.34 Å². The molecule has 0 amide bonds. The maximum Gasteiger partial charge on any atom is 0.0960 e. The van der Waals surface area contributed by atoms with Gasteiger partial charge in [-0.15, -0.1) is 22.9 Å². The van der Waals surface area contributed by atoms with Crippen LogP contribution in [0.1, 0.15) is 36.1 Å². The maximum atomic E-state index is 6.29. The fraction of sp³-hybridized carbons (Fsp3) is 0.600. The second-order valence-electron chi connectivity index (χ2n) is 3.39. The Labute approximate surface area is 93.9 Å². The zero-order chi connectivity index (χ0) is 10.0. The molecule has 0 aliphatic heterocycles. The van der Waals surface area contributed by atoms with Gasteiger partial charge in [0.05, 0.1) is 9.71 Å². The van der Waals surface area contributed by atoms with Crippen molar-refractivity contribution in [3.8, 4) is 0 Å². The lowest BCUT2D eigenvalue weighted by Gasteiger charge is -2.13. The van der Waals surface area contributed by atoms with Gasteiger partial charge in [-0.2, -0.15) is 0 Å². The van der Waals surface area contributed by atoms with Crippen LogP contribution in [-0.2, 0) is 0 Å². The quantitative estimate of drug-likeness (QED) is 0.646. The molecule has 0 radical (unpaired) electrons. The molecule has 1 aromatic heterocycles. The Morgan fingerprint density at radius 3 is 2.54 bits per heavy atom. The highest BCUT2D eigenvalue weighted by molar-refractivity contribution is 7.16. The van der Waals surface area contributed by atoms with Crippen LogP contribution < -0.4 is 0 Å². The molecule has 1 heterocycles. The minimum absolute atomic E-state index is 0.112. The summed E-state index contributed by atoms with van der Waals surface area (Å²) >= 11 is 13.9. The van der Waals surface area contributed by atoms with Crippen LogP contribution in [0, 0.1) is 12.8 Å². The van der Waals surface area contributed by atoms with Crippen LogP contribution in [0.25, 0.3) is 0 Å². The van der Waals surface area contributed by atoms with E-state index in [-0.39, 0.29) is 5.38 Å². The number of aryl methyl sites for hydroxylation is 1. The fourth-order valence-electron chi connectivity index (χ4n) is 1.11. The van der Waals surface area contributed by atoms with Crippen LogP contribution in [0.4, 0.5) is 0 Å². The average molecular weight is 237 g/mol. The number of hydrogen-bond acceptors (Lipinski definition) is 1. The smallest absolute Gasteiger partial charge is 0.0960 e. The number of thiophene rings is 1. The zero-order valence-corrected chi connectivity index (χ0v) is 10.4. The van der Waals surface area contributed by atoms with Gasteiger partial charge in [0.1, 0.15) is 0 Å². The summed E-state index contributed by atoms with van der Waals surface area (Å²) in [6.45, 7) is 6.34. The molecule has 1 rings (SSSR count). The van der Waals surface area contributed by atoms with Gasteiger partial charge in [0.25, 0.3) is 0 Å². The largest absolute Gasteiger partial charge is 0.127 e. The molecule has 0 fully saturated rings. The summed E-state index contributed by atoms with van der Waals surface area (Å²) in [6.07, 6.45) is 1.10. The minimum Gasteiger partial charge on any atom is -0.127 e. The van der Waals surface area contributed by atoms with E-state index in [0.717, 1.165) is 16.3 Å². The lowest BCUT2D eigenvalue weighted by molar-refractivity contribution is 0.547. The van der Waals surface area contributed by atoms with Crippen molar-refractivity contribution in [3.63, 3.8) is 0 Å². The molecule has 13 heavy (non-hydrogen) atoms. The molecule has 2 atom stereocenters. The Morgan fingerprint density at radius 2 is 2.15 bits per heavy atom. The third-order valence-corrected chi connectivity index (χ3v) is 4.72. The first-order chi connectivity index (χ1) is 6.06. The molecular weight excluding hydrogens is 223 g/mol. The molecule has 74 valence electrons. The van der Waals surface area contributed by atoms with Crippen molar-refractivity contribution in [1.82, 2.24) is 0 Å². The van der Waals surface area contributed by atoms with Gasteiger partial charge in [-0.3, -0.25) is 0 Å². The Hall–Kier alpha value is 0.280. The molecule has 0 saturated heterocycles. The SMILES string of the molecule is CCC(C)C(Cl)c1cc(C)c(Cl)s1. The van der Waals surface area contributed by atoms with Crippen molar-refractivity contribution in [3.05, 3.63) is 20.8 Å². The van der Waals surface area contributed by atoms with E-state index in [4.69, 9.17) is 23.2 Å². The Kier molecular flexibility index (Phi) is 4.08. The summed E-state index contributed by atoms with van der Waals surface area (Å²) < 4.78 is 0.865. The third kappa shape index (κ3) is 2.61. The first-order valence-corrected chi connectivity index (χ1v) is 6.09. The predicted octanol–water partition coefficient (Wildman–Crippen LogP) is 5.04. The third-order valence-electron chi connectivity index (χ3n) is 2.29. The van der Waals surface area contributed by atoms with E-state index >= 15 is 0 Å². The van der Waals surface area contributed by atoms with Crippen LogP contribution in [-0.4, -0.2) is 0 Å². The van der Waals surface area contributed by atoms with Crippen molar-refractivity contribution in [2.45, 2.75) is 32.6 Å². The Bertz CT molecular complexity index is 261. The Balaban J connectivity index is 2.82. The second-order valence-corrected chi connectivity index (χ2v) is 5.55. The zero-order valence-electron chi connectivity index (χ0n) is 8.10. The normalized spacial score (nSPS) is 15.8. The van der Waals surface area contributed by atoms with Gasteiger partial charge in [-0.05, 0) is 24.5 Å². The predicted molar refractivity (Wildman–Crippen MR) is 62.1 cm³/mol. The second kappa shape index (κ2) is 4.68. The molecule has 0 aromatic carbocycles. The van der Waals surface area contributed by atoms with Crippen molar-refractivity contribution < 1.29 is 0 Å². The summed E-state index contributed by atoms with van der Waals surface area (Å²) in [7, 11) is 0. The van der Waals surface area contributed by atoms with Crippen molar-refractivity contribution in [2.24, 2.45) is 5.92 Å². The van der Waals surface area contributed by atoms with E-state index in [0.29, 0.717) is 5.92 Å². The number of halogens is 2. The average Bonchev–Trinajstić information content (AvgIpc) is 2.44. The van der Waals surface area contributed by atoms with Crippen molar-refractivity contribution >= 4 is 34.5 Å². The summed E-state index contributed by atoms with van der Waals surface area (Å²) in [6, 6.07) is 2.09. The lowest BCUT2D eigenvalue weighted by Crippen LogP contribution is -2.00. The first-order valence-electron chi connectivity index (χ1n) is 4.46. The van der Waals surface area contributed by atoms with Crippen LogP contribution in [0.5, 0.6) is 0 Å². The van der Waals surface area contributed by atoms with E-state index in [9.17, 15) is 0 Å².